The van der Waals surface area contributed by atoms with Crippen molar-refractivity contribution in [1.82, 2.24) is 10.1 Å². The van der Waals surface area contributed by atoms with Crippen LogP contribution in [0.3, 0.4) is 0 Å². The number of nitrogens with zero attached hydrogens (tertiary/aromatic N) is 2. The average molecular weight is 290 g/mol. The lowest BCUT2D eigenvalue weighted by molar-refractivity contribution is -0.172. The highest BCUT2D eigenvalue weighted by Gasteiger charge is 2.44. The topological polar surface area (TPSA) is 56.0 Å². The fourth-order valence-electron chi connectivity index (χ4n) is 2.63. The molecule has 1 fully saturated rings. The van der Waals surface area contributed by atoms with Crippen molar-refractivity contribution < 1.29 is 22.5 Å². The van der Waals surface area contributed by atoms with Gasteiger partial charge in [0.2, 0.25) is 11.7 Å². The lowest BCUT2D eigenvalue weighted by Gasteiger charge is -2.08. The van der Waals surface area contributed by atoms with Gasteiger partial charge in [0.05, 0.1) is 0 Å². The van der Waals surface area contributed by atoms with Gasteiger partial charge in [0, 0.05) is 5.92 Å². The Labute approximate surface area is 114 Å². The van der Waals surface area contributed by atoms with Gasteiger partial charge in [-0.1, -0.05) is 18.5 Å². The molecule has 2 rings (SSSR count). The number of halogens is 3. The number of carbonyl (C=O) groups excluding carboxylic acids is 1. The van der Waals surface area contributed by atoms with Gasteiger partial charge in [-0.25, -0.2) is 0 Å². The molecule has 1 aromatic heterocycles. The highest BCUT2D eigenvalue weighted by atomic mass is 19.4. The summed E-state index contributed by atoms with van der Waals surface area (Å²) >= 11 is 0. The van der Waals surface area contributed by atoms with Crippen molar-refractivity contribution in [3.8, 4) is 0 Å². The molecular formula is C13H17F3N2O2. The van der Waals surface area contributed by atoms with Crippen LogP contribution in [0.2, 0.25) is 0 Å². The van der Waals surface area contributed by atoms with Crippen molar-refractivity contribution in [2.75, 3.05) is 0 Å². The van der Waals surface area contributed by atoms with Crippen molar-refractivity contribution in [2.45, 2.75) is 57.5 Å². The smallest absolute Gasteiger partial charge is 0.339 e. The van der Waals surface area contributed by atoms with E-state index in [1.807, 2.05) is 0 Å². The van der Waals surface area contributed by atoms with Crippen molar-refractivity contribution in [2.24, 2.45) is 5.92 Å². The first-order valence-corrected chi connectivity index (χ1v) is 6.77. The molecule has 0 aliphatic heterocycles. The highest BCUT2D eigenvalue weighted by Crippen LogP contribution is 2.39. The van der Waals surface area contributed by atoms with Crippen LogP contribution in [-0.4, -0.2) is 22.1 Å². The molecule has 0 aromatic carbocycles. The Kier molecular flexibility index (Phi) is 4.15. The molecular weight excluding hydrogens is 273 g/mol. The maximum absolute atomic E-state index is 12.4. The number of aromatic nitrogens is 2. The summed E-state index contributed by atoms with van der Waals surface area (Å²) in [7, 11) is 0. The molecule has 3 atom stereocenters. The summed E-state index contributed by atoms with van der Waals surface area (Å²) in [4.78, 5) is 15.1. The number of alkyl halides is 3. The van der Waals surface area contributed by atoms with E-state index in [0.717, 1.165) is 32.6 Å². The minimum absolute atomic E-state index is 0.130. The summed E-state index contributed by atoms with van der Waals surface area (Å²) in [6, 6.07) is 0. The largest absolute Gasteiger partial charge is 0.450 e. The van der Waals surface area contributed by atoms with Crippen LogP contribution in [0.1, 0.15) is 63.1 Å². The quantitative estimate of drug-likeness (QED) is 0.850. The molecule has 1 saturated carbocycles. The van der Waals surface area contributed by atoms with Crippen LogP contribution in [0, 0.1) is 5.92 Å². The fourth-order valence-corrected chi connectivity index (χ4v) is 2.63. The molecule has 3 unspecified atom stereocenters. The maximum atomic E-state index is 12.4. The Morgan fingerprint density at radius 1 is 1.45 bits per heavy atom. The second-order valence-electron chi connectivity index (χ2n) is 5.36. The van der Waals surface area contributed by atoms with Crippen LogP contribution >= 0.6 is 0 Å². The lowest BCUT2D eigenvalue weighted by Crippen LogP contribution is -2.27. The number of Topliss-reactive ketones (excluding diaryl/α,β-unsaturated/α-hetero) is 1. The maximum Gasteiger partial charge on any atom is 0.450 e. The molecule has 1 aliphatic rings. The Morgan fingerprint density at radius 3 is 2.70 bits per heavy atom. The summed E-state index contributed by atoms with van der Waals surface area (Å²) in [5.41, 5.74) is 0. The second-order valence-corrected chi connectivity index (χ2v) is 5.36. The second kappa shape index (κ2) is 5.54. The van der Waals surface area contributed by atoms with Gasteiger partial charge in [0.15, 0.2) is 5.82 Å². The molecule has 1 aliphatic carbocycles. The first-order chi connectivity index (χ1) is 9.32. The molecule has 1 aromatic rings. The Hall–Kier alpha value is -1.40. The highest BCUT2D eigenvalue weighted by molar-refractivity contribution is 5.89. The summed E-state index contributed by atoms with van der Waals surface area (Å²) in [6.45, 7) is 3.25. The fraction of sp³-hybridized carbons (Fsp3) is 0.769. The van der Waals surface area contributed by atoms with Gasteiger partial charge in [0.1, 0.15) is 5.92 Å². The van der Waals surface area contributed by atoms with Gasteiger partial charge >= 0.3 is 6.18 Å². The van der Waals surface area contributed by atoms with Crippen LogP contribution < -0.4 is 0 Å². The molecule has 0 spiro atoms. The molecule has 1 heterocycles. The number of rotatable bonds is 4. The van der Waals surface area contributed by atoms with Crippen LogP contribution in [0.4, 0.5) is 13.2 Å². The summed E-state index contributed by atoms with van der Waals surface area (Å²) in [5.74, 6) is -2.38. The summed E-state index contributed by atoms with van der Waals surface area (Å²) in [5, 5.41) is 3.75. The van der Waals surface area contributed by atoms with E-state index >= 15 is 0 Å². The van der Waals surface area contributed by atoms with E-state index in [1.54, 1.807) is 0 Å². The molecule has 0 radical (unpaired) electrons. The zero-order chi connectivity index (χ0) is 14.9. The monoisotopic (exact) mass is 290 g/mol. The first-order valence-electron chi connectivity index (χ1n) is 6.77. The van der Waals surface area contributed by atoms with Crippen LogP contribution in [0.15, 0.2) is 4.52 Å². The Bertz CT molecular complexity index is 484. The summed E-state index contributed by atoms with van der Waals surface area (Å²) in [6.07, 6.45) is -0.892. The lowest BCUT2D eigenvalue weighted by atomic mass is 10.0. The van der Waals surface area contributed by atoms with Crippen LogP contribution in [-0.2, 0) is 4.79 Å². The summed E-state index contributed by atoms with van der Waals surface area (Å²) < 4.78 is 41.9. The number of ketones is 1. The van der Waals surface area contributed by atoms with Crippen molar-refractivity contribution in [3.63, 3.8) is 0 Å². The number of hydrogen-bond acceptors (Lipinski definition) is 4. The van der Waals surface area contributed by atoms with Crippen molar-refractivity contribution in [1.29, 1.82) is 0 Å². The average Bonchev–Trinajstić information content (AvgIpc) is 3.03. The van der Waals surface area contributed by atoms with E-state index in [-0.39, 0.29) is 11.8 Å². The first kappa shape index (κ1) is 15.0. The van der Waals surface area contributed by atoms with E-state index in [9.17, 15) is 18.0 Å². The van der Waals surface area contributed by atoms with Crippen molar-refractivity contribution in [3.05, 3.63) is 11.7 Å². The minimum atomic E-state index is -4.88. The van der Waals surface area contributed by atoms with E-state index < -0.39 is 17.9 Å². The third kappa shape index (κ3) is 3.02. The van der Waals surface area contributed by atoms with E-state index in [0.29, 0.717) is 11.7 Å². The van der Waals surface area contributed by atoms with Crippen LogP contribution in [0.5, 0.6) is 0 Å². The molecule has 0 saturated heterocycles. The molecule has 112 valence electrons. The Morgan fingerprint density at radius 2 is 2.15 bits per heavy atom. The molecule has 0 bridgehead atoms. The van der Waals surface area contributed by atoms with Gasteiger partial charge in [-0.2, -0.15) is 18.2 Å². The molecule has 7 heteroatoms. The van der Waals surface area contributed by atoms with Gasteiger partial charge in [-0.15, -0.1) is 0 Å². The molecule has 0 amide bonds. The molecule has 0 N–H and O–H groups in total. The van der Waals surface area contributed by atoms with Gasteiger partial charge in [-0.3, -0.25) is 4.79 Å². The Balaban J connectivity index is 2.08. The standard InChI is InChI=1S/C13H17F3N2O2/c1-3-8-4-5-9(6-8)11-17-12(20-18-11)7(2)10(19)13(14,15)16/h7-9H,3-6H2,1-2H3. The van der Waals surface area contributed by atoms with E-state index in [2.05, 4.69) is 17.1 Å². The minimum Gasteiger partial charge on any atom is -0.339 e. The third-order valence-electron chi connectivity index (χ3n) is 3.98. The van der Waals surface area contributed by atoms with Gasteiger partial charge in [-0.05, 0) is 32.1 Å². The number of carbonyl (C=O) groups is 1. The normalized spacial score (nSPS) is 24.9. The van der Waals surface area contributed by atoms with Crippen LogP contribution in [0.25, 0.3) is 0 Å². The predicted molar refractivity (Wildman–Crippen MR) is 64.1 cm³/mol. The predicted octanol–water partition coefficient (Wildman–Crippen LogP) is 3.60. The van der Waals surface area contributed by atoms with Gasteiger partial charge < -0.3 is 4.52 Å². The number of hydrogen-bond donors (Lipinski definition) is 0. The van der Waals surface area contributed by atoms with Crippen molar-refractivity contribution >= 4 is 5.78 Å². The zero-order valence-corrected chi connectivity index (χ0v) is 11.4. The van der Waals surface area contributed by atoms with E-state index in [4.69, 9.17) is 4.52 Å². The third-order valence-corrected chi connectivity index (χ3v) is 3.98. The SMILES string of the molecule is CCC1CCC(c2noc(C(C)C(=O)C(F)(F)F)n2)C1. The van der Waals surface area contributed by atoms with Gasteiger partial charge in [0.25, 0.3) is 0 Å². The zero-order valence-electron chi connectivity index (χ0n) is 11.4. The molecule has 20 heavy (non-hydrogen) atoms. The van der Waals surface area contributed by atoms with E-state index in [1.165, 1.54) is 0 Å². The molecule has 4 nitrogen and oxygen atoms in total.